The van der Waals surface area contributed by atoms with Gasteiger partial charge in [0.05, 0.1) is 22.6 Å². The van der Waals surface area contributed by atoms with Crippen molar-refractivity contribution < 1.29 is 18.1 Å². The van der Waals surface area contributed by atoms with Crippen molar-refractivity contribution in [1.82, 2.24) is 0 Å². The first-order chi connectivity index (χ1) is 11.4. The third-order valence-corrected chi connectivity index (χ3v) is 5.97. The molecule has 126 valence electrons. The average Bonchev–Trinajstić information content (AvgIpc) is 2.90. The highest BCUT2D eigenvalue weighted by Gasteiger charge is 2.36. The summed E-state index contributed by atoms with van der Waals surface area (Å²) in [5.41, 5.74) is 1.18. The maximum absolute atomic E-state index is 13.0. The minimum atomic E-state index is -3.91. The lowest BCUT2D eigenvalue weighted by Gasteiger charge is -2.24. The van der Waals surface area contributed by atoms with Crippen LogP contribution in [-0.2, 0) is 16.4 Å². The van der Waals surface area contributed by atoms with Crippen molar-refractivity contribution in [2.45, 2.75) is 24.3 Å². The molecule has 0 aromatic heterocycles. The van der Waals surface area contributed by atoms with Gasteiger partial charge in [-0.15, -0.1) is 0 Å². The monoisotopic (exact) mass is 348 g/mol. The van der Waals surface area contributed by atoms with Gasteiger partial charge in [-0.2, -0.15) is 0 Å². The Morgan fingerprint density at radius 3 is 2.62 bits per heavy atom. The van der Waals surface area contributed by atoms with Crippen LogP contribution in [0.4, 0.5) is 11.4 Å². The van der Waals surface area contributed by atoms with Crippen molar-refractivity contribution >= 4 is 21.4 Å². The van der Waals surface area contributed by atoms with E-state index in [2.05, 4.69) is 0 Å². The third kappa shape index (κ3) is 2.48. The smallest absolute Gasteiger partial charge is 0.312 e. The Labute approximate surface area is 139 Å². The Kier molecular flexibility index (Phi) is 3.92. The topological polar surface area (TPSA) is 89.8 Å². The van der Waals surface area contributed by atoms with Crippen LogP contribution in [0.5, 0.6) is 5.75 Å². The van der Waals surface area contributed by atoms with E-state index >= 15 is 0 Å². The molecule has 24 heavy (non-hydrogen) atoms. The minimum Gasteiger partial charge on any atom is -0.490 e. The molecule has 0 saturated carbocycles. The van der Waals surface area contributed by atoms with Gasteiger partial charge >= 0.3 is 5.69 Å². The van der Waals surface area contributed by atoms with E-state index in [0.29, 0.717) is 12.1 Å². The van der Waals surface area contributed by atoms with E-state index < -0.39 is 14.9 Å². The molecule has 8 heteroatoms. The van der Waals surface area contributed by atoms with E-state index in [1.54, 1.807) is 12.1 Å². The van der Waals surface area contributed by atoms with Crippen molar-refractivity contribution in [1.29, 1.82) is 0 Å². The zero-order valence-electron chi connectivity index (χ0n) is 13.2. The second kappa shape index (κ2) is 5.79. The fourth-order valence-electron chi connectivity index (χ4n) is 2.99. The number of rotatable bonds is 4. The SMILES string of the molecule is COc1ccc(S(=O)(=O)N2c3ccccc3C[C@H]2C)cc1[N+](=O)[O-]. The Hall–Kier alpha value is -2.61. The molecule has 0 amide bonds. The summed E-state index contributed by atoms with van der Waals surface area (Å²) in [5, 5.41) is 11.2. The molecule has 0 N–H and O–H groups in total. The molecular weight excluding hydrogens is 332 g/mol. The molecule has 3 rings (SSSR count). The van der Waals surface area contributed by atoms with Gasteiger partial charge < -0.3 is 4.74 Å². The highest BCUT2D eigenvalue weighted by atomic mass is 32.2. The van der Waals surface area contributed by atoms with Gasteiger partial charge in [-0.3, -0.25) is 14.4 Å². The molecule has 0 aliphatic carbocycles. The number of fused-ring (bicyclic) bond motifs is 1. The molecule has 0 radical (unpaired) electrons. The summed E-state index contributed by atoms with van der Waals surface area (Å²) in [6, 6.07) is 10.7. The van der Waals surface area contributed by atoms with Gasteiger partial charge in [0.1, 0.15) is 0 Å². The highest BCUT2D eigenvalue weighted by molar-refractivity contribution is 7.92. The van der Waals surface area contributed by atoms with Crippen LogP contribution in [0.15, 0.2) is 47.4 Å². The van der Waals surface area contributed by atoms with E-state index in [9.17, 15) is 18.5 Å². The number of anilines is 1. The summed E-state index contributed by atoms with van der Waals surface area (Å²) in [7, 11) is -2.61. The van der Waals surface area contributed by atoms with Crippen LogP contribution in [0.2, 0.25) is 0 Å². The minimum absolute atomic E-state index is 0.0221. The van der Waals surface area contributed by atoms with Gasteiger partial charge in [0, 0.05) is 12.1 Å². The fraction of sp³-hybridized carbons (Fsp3) is 0.250. The van der Waals surface area contributed by atoms with Gasteiger partial charge in [-0.25, -0.2) is 8.42 Å². The molecule has 0 spiro atoms. The second-order valence-electron chi connectivity index (χ2n) is 5.57. The van der Waals surface area contributed by atoms with E-state index in [0.717, 1.165) is 11.6 Å². The molecule has 2 aromatic rings. The number of nitrogens with zero attached hydrogens (tertiary/aromatic N) is 2. The average molecular weight is 348 g/mol. The van der Waals surface area contributed by atoms with Crippen LogP contribution < -0.4 is 9.04 Å². The highest BCUT2D eigenvalue weighted by Crippen LogP contribution is 2.38. The van der Waals surface area contributed by atoms with Crippen LogP contribution in [0.1, 0.15) is 12.5 Å². The zero-order chi connectivity index (χ0) is 17.5. The predicted octanol–water partition coefficient (Wildman–Crippen LogP) is 2.74. The molecule has 2 aromatic carbocycles. The molecule has 0 unspecified atom stereocenters. The number of sulfonamides is 1. The first-order valence-corrected chi connectivity index (χ1v) is 8.75. The summed E-state index contributed by atoms with van der Waals surface area (Å²) in [4.78, 5) is 10.4. The van der Waals surface area contributed by atoms with Gasteiger partial charge in [-0.1, -0.05) is 18.2 Å². The number of para-hydroxylation sites is 1. The van der Waals surface area contributed by atoms with Crippen LogP contribution in [0.3, 0.4) is 0 Å². The lowest BCUT2D eigenvalue weighted by Crippen LogP contribution is -2.35. The van der Waals surface area contributed by atoms with Crippen molar-refractivity contribution in [3.8, 4) is 5.75 Å². The standard InChI is InChI=1S/C16H16N2O5S/c1-11-9-12-5-3-4-6-14(12)17(11)24(21,22)13-7-8-16(23-2)15(10-13)18(19)20/h3-8,10-11H,9H2,1-2H3/t11-/m1/s1. The summed E-state index contributed by atoms with van der Waals surface area (Å²) in [6.45, 7) is 1.81. The van der Waals surface area contributed by atoms with Gasteiger partial charge in [0.15, 0.2) is 5.75 Å². The number of hydrogen-bond acceptors (Lipinski definition) is 5. The van der Waals surface area contributed by atoms with Crippen LogP contribution in [-0.4, -0.2) is 26.5 Å². The Bertz CT molecular complexity index is 910. The summed E-state index contributed by atoms with van der Waals surface area (Å²) in [5.74, 6) is 0.0221. The summed E-state index contributed by atoms with van der Waals surface area (Å²) < 4.78 is 32.3. The number of benzene rings is 2. The normalized spacial score (nSPS) is 16.8. The Morgan fingerprint density at radius 1 is 1.25 bits per heavy atom. The van der Waals surface area contributed by atoms with Crippen LogP contribution >= 0.6 is 0 Å². The first-order valence-electron chi connectivity index (χ1n) is 7.31. The molecule has 0 saturated heterocycles. The van der Waals surface area contributed by atoms with E-state index in [1.165, 1.54) is 23.5 Å². The first kappa shape index (κ1) is 16.3. The summed E-state index contributed by atoms with van der Waals surface area (Å²) >= 11 is 0. The van der Waals surface area contributed by atoms with E-state index in [1.807, 2.05) is 19.1 Å². The number of ether oxygens (including phenoxy) is 1. The lowest BCUT2D eigenvalue weighted by molar-refractivity contribution is -0.386. The number of nitro benzene ring substituents is 1. The van der Waals surface area contributed by atoms with Crippen molar-refractivity contribution in [2.75, 3.05) is 11.4 Å². The Morgan fingerprint density at radius 2 is 1.96 bits per heavy atom. The molecule has 1 atom stereocenters. The van der Waals surface area contributed by atoms with Gasteiger partial charge in [0.25, 0.3) is 10.0 Å². The maximum Gasteiger partial charge on any atom is 0.312 e. The molecular formula is C16H16N2O5S. The zero-order valence-corrected chi connectivity index (χ0v) is 14.0. The molecule has 1 heterocycles. The maximum atomic E-state index is 13.0. The van der Waals surface area contributed by atoms with Crippen LogP contribution in [0.25, 0.3) is 0 Å². The molecule has 0 bridgehead atoms. The molecule has 7 nitrogen and oxygen atoms in total. The van der Waals surface area contributed by atoms with Crippen LogP contribution in [0, 0.1) is 10.1 Å². The van der Waals surface area contributed by atoms with Crippen molar-refractivity contribution in [2.24, 2.45) is 0 Å². The van der Waals surface area contributed by atoms with E-state index in [4.69, 9.17) is 4.74 Å². The van der Waals surface area contributed by atoms with E-state index in [-0.39, 0.29) is 22.4 Å². The van der Waals surface area contributed by atoms with Gasteiger partial charge in [0.2, 0.25) is 0 Å². The summed E-state index contributed by atoms with van der Waals surface area (Å²) in [6.07, 6.45) is 0.605. The van der Waals surface area contributed by atoms with Crippen molar-refractivity contribution in [3.63, 3.8) is 0 Å². The number of nitro groups is 1. The molecule has 0 fully saturated rings. The Balaban J connectivity index is 2.12. The third-order valence-electron chi connectivity index (χ3n) is 4.05. The number of hydrogen-bond donors (Lipinski definition) is 0. The number of methoxy groups -OCH3 is 1. The second-order valence-corrected chi connectivity index (χ2v) is 7.39. The van der Waals surface area contributed by atoms with Crippen molar-refractivity contribution in [3.05, 3.63) is 58.1 Å². The molecule has 1 aliphatic rings. The lowest BCUT2D eigenvalue weighted by atomic mass is 10.1. The van der Waals surface area contributed by atoms with Gasteiger partial charge in [-0.05, 0) is 37.1 Å². The largest absolute Gasteiger partial charge is 0.490 e. The fourth-order valence-corrected chi connectivity index (χ4v) is 4.70. The quantitative estimate of drug-likeness (QED) is 0.626. The predicted molar refractivity (Wildman–Crippen MR) is 88.9 cm³/mol. The molecule has 1 aliphatic heterocycles.